The maximum atomic E-state index is 12.2. The van der Waals surface area contributed by atoms with Crippen molar-refractivity contribution in [3.63, 3.8) is 0 Å². The van der Waals surface area contributed by atoms with Crippen LogP contribution in [0.25, 0.3) is 16.5 Å². The number of nitrogens with zero attached hydrogens (tertiary/aromatic N) is 3. The highest BCUT2D eigenvalue weighted by molar-refractivity contribution is 7.99. The van der Waals surface area contributed by atoms with Crippen molar-refractivity contribution < 1.29 is 19.2 Å². The van der Waals surface area contributed by atoms with Gasteiger partial charge in [-0.1, -0.05) is 23.9 Å². The number of hydrogen-bond acceptors (Lipinski definition) is 7. The lowest BCUT2D eigenvalue weighted by molar-refractivity contribution is -0.142. The fraction of sp³-hybridized carbons (Fsp3) is 0.174. The number of carbonyl (C=O) groups excluding carboxylic acids is 2. The molecule has 31 heavy (non-hydrogen) atoms. The first-order chi connectivity index (χ1) is 15.1. The predicted molar refractivity (Wildman–Crippen MR) is 117 cm³/mol. The number of fused-ring (bicyclic) bond motifs is 3. The molecule has 0 N–H and O–H groups in total. The third-order valence-electron chi connectivity index (χ3n) is 5.18. The Labute approximate surface area is 182 Å². The van der Waals surface area contributed by atoms with E-state index in [9.17, 15) is 9.59 Å². The Morgan fingerprint density at radius 2 is 1.97 bits per heavy atom. The molecule has 0 fully saturated rings. The molecule has 0 amide bonds. The second-order valence-corrected chi connectivity index (χ2v) is 8.42. The molecular formula is C23H19N3O4S. The molecule has 3 aromatic rings. The number of aromatic nitrogens is 2. The zero-order valence-electron chi connectivity index (χ0n) is 16.8. The van der Waals surface area contributed by atoms with E-state index < -0.39 is 11.9 Å². The van der Waals surface area contributed by atoms with Crippen molar-refractivity contribution in [2.24, 2.45) is 0 Å². The molecule has 0 radical (unpaired) electrons. The van der Waals surface area contributed by atoms with Crippen molar-refractivity contribution in [3.8, 4) is 5.88 Å². The summed E-state index contributed by atoms with van der Waals surface area (Å²) in [6.07, 6.45) is 6.82. The molecule has 7 nitrogen and oxygen atoms in total. The van der Waals surface area contributed by atoms with Gasteiger partial charge >= 0.3 is 11.9 Å². The van der Waals surface area contributed by atoms with Gasteiger partial charge in [0.05, 0.1) is 11.1 Å². The Kier molecular flexibility index (Phi) is 5.09. The number of rotatable bonds is 3. The Hall–Kier alpha value is -3.36. The van der Waals surface area contributed by atoms with Crippen molar-refractivity contribution in [1.82, 2.24) is 14.6 Å². The lowest BCUT2D eigenvalue weighted by Gasteiger charge is -2.22. The number of benzene rings is 1. The normalized spacial score (nSPS) is 17.9. The van der Waals surface area contributed by atoms with Crippen LogP contribution in [0.4, 0.5) is 0 Å². The van der Waals surface area contributed by atoms with E-state index in [1.807, 2.05) is 36.4 Å². The Morgan fingerprint density at radius 3 is 2.74 bits per heavy atom. The number of likely N-dealkylation sites (N-methyl/N-ethyl adjacent to an activating group) is 1. The molecule has 2 aliphatic rings. The van der Waals surface area contributed by atoms with Crippen LogP contribution in [0.5, 0.6) is 5.88 Å². The summed E-state index contributed by atoms with van der Waals surface area (Å²) in [6, 6.07) is 11.6. The van der Waals surface area contributed by atoms with E-state index in [-0.39, 0.29) is 5.88 Å². The minimum Gasteiger partial charge on any atom is -0.402 e. The summed E-state index contributed by atoms with van der Waals surface area (Å²) in [6.45, 7) is 1.67. The van der Waals surface area contributed by atoms with E-state index in [4.69, 9.17) is 9.57 Å². The second kappa shape index (κ2) is 8.05. The van der Waals surface area contributed by atoms with Crippen LogP contribution in [0.2, 0.25) is 0 Å². The van der Waals surface area contributed by atoms with Gasteiger partial charge in [0.15, 0.2) is 0 Å². The van der Waals surface area contributed by atoms with E-state index in [1.165, 1.54) is 16.5 Å². The van der Waals surface area contributed by atoms with Crippen LogP contribution in [-0.2, 0) is 9.59 Å². The smallest absolute Gasteiger partial charge is 0.356 e. The van der Waals surface area contributed by atoms with E-state index in [1.54, 1.807) is 6.20 Å². The molecule has 1 aromatic carbocycles. The van der Waals surface area contributed by atoms with Crippen molar-refractivity contribution in [3.05, 3.63) is 66.4 Å². The van der Waals surface area contributed by atoms with Gasteiger partial charge in [0.25, 0.3) is 0 Å². The summed E-state index contributed by atoms with van der Waals surface area (Å²) in [5, 5.41) is 1.73. The fourth-order valence-electron chi connectivity index (χ4n) is 3.69. The molecule has 2 aromatic heterocycles. The van der Waals surface area contributed by atoms with Crippen molar-refractivity contribution >= 4 is 40.2 Å². The molecule has 5 rings (SSSR count). The quantitative estimate of drug-likeness (QED) is 0.587. The van der Waals surface area contributed by atoms with Gasteiger partial charge in [0.1, 0.15) is 5.03 Å². The average molecular weight is 433 g/mol. The van der Waals surface area contributed by atoms with Crippen LogP contribution in [-0.4, -0.2) is 46.7 Å². The maximum absolute atomic E-state index is 12.2. The van der Waals surface area contributed by atoms with Gasteiger partial charge in [-0.15, -0.1) is 4.73 Å². The number of hydrogen-bond donors (Lipinski definition) is 0. The zero-order chi connectivity index (χ0) is 21.4. The van der Waals surface area contributed by atoms with Crippen LogP contribution in [0, 0.1) is 0 Å². The molecule has 4 heterocycles. The summed E-state index contributed by atoms with van der Waals surface area (Å²) in [5.41, 5.74) is 2.50. The second-order valence-electron chi connectivity index (χ2n) is 7.33. The number of esters is 1. The van der Waals surface area contributed by atoms with Gasteiger partial charge in [-0.05, 0) is 49.4 Å². The van der Waals surface area contributed by atoms with Gasteiger partial charge in [-0.25, -0.2) is 14.6 Å². The predicted octanol–water partition coefficient (Wildman–Crippen LogP) is 3.34. The SMILES string of the molecule is CN1CC=C(c2c3n(c4ccc(Sc5ccccn5)cc24)OC(=O)/C=C/C(=O)O3)CC1. The Balaban J connectivity index is 1.69. The van der Waals surface area contributed by atoms with Crippen molar-refractivity contribution in [1.29, 1.82) is 0 Å². The minimum absolute atomic E-state index is 0.230. The van der Waals surface area contributed by atoms with Gasteiger partial charge in [-0.3, -0.25) is 0 Å². The highest BCUT2D eigenvalue weighted by Gasteiger charge is 2.28. The highest BCUT2D eigenvalue weighted by atomic mass is 32.2. The molecule has 0 bridgehead atoms. The topological polar surface area (TPSA) is 73.7 Å². The zero-order valence-corrected chi connectivity index (χ0v) is 17.6. The number of pyridine rings is 1. The van der Waals surface area contributed by atoms with E-state index >= 15 is 0 Å². The third kappa shape index (κ3) is 3.87. The fourth-order valence-corrected chi connectivity index (χ4v) is 4.50. The molecule has 0 unspecified atom stereocenters. The Morgan fingerprint density at radius 1 is 1.10 bits per heavy atom. The average Bonchev–Trinajstić information content (AvgIpc) is 3.04. The lowest BCUT2D eigenvalue weighted by Crippen LogP contribution is -2.25. The molecule has 8 heteroatoms. The highest BCUT2D eigenvalue weighted by Crippen LogP contribution is 2.41. The molecule has 0 atom stereocenters. The van der Waals surface area contributed by atoms with Crippen LogP contribution in [0.3, 0.4) is 0 Å². The van der Waals surface area contributed by atoms with Crippen molar-refractivity contribution in [2.45, 2.75) is 16.3 Å². The molecule has 0 spiro atoms. The largest absolute Gasteiger partial charge is 0.402 e. The van der Waals surface area contributed by atoms with Crippen LogP contribution in [0.1, 0.15) is 12.0 Å². The first-order valence-electron chi connectivity index (χ1n) is 9.86. The standard InChI is InChI=1S/C23H19N3O4S/c1-25-12-9-15(10-13-25)22-17-14-16(31-19-4-2-3-11-24-19)5-6-18(17)26-23(22)29-20(27)7-8-21(28)30-26/h2-9,11,14H,10,12-13H2,1H3/b8-7+. The van der Waals surface area contributed by atoms with Crippen LogP contribution >= 0.6 is 11.8 Å². The minimum atomic E-state index is -0.634. The monoisotopic (exact) mass is 433 g/mol. The van der Waals surface area contributed by atoms with Crippen LogP contribution in [0.15, 0.2) is 70.7 Å². The van der Waals surface area contributed by atoms with E-state index in [0.717, 1.165) is 58.1 Å². The molecule has 0 saturated carbocycles. The number of carbonyl (C=O) groups is 2. The molecular weight excluding hydrogens is 414 g/mol. The molecule has 0 saturated heterocycles. The lowest BCUT2D eigenvalue weighted by atomic mass is 9.98. The third-order valence-corrected chi connectivity index (χ3v) is 6.12. The van der Waals surface area contributed by atoms with Crippen LogP contribution < -0.4 is 9.57 Å². The van der Waals surface area contributed by atoms with Gasteiger partial charge < -0.3 is 14.5 Å². The molecule has 156 valence electrons. The molecule has 0 aliphatic carbocycles. The summed E-state index contributed by atoms with van der Waals surface area (Å²) >= 11 is 1.54. The first-order valence-corrected chi connectivity index (χ1v) is 10.7. The van der Waals surface area contributed by atoms with E-state index in [2.05, 4.69) is 23.0 Å². The van der Waals surface area contributed by atoms with Gasteiger partial charge in [0, 0.05) is 41.7 Å². The first kappa shape index (κ1) is 19.6. The Bertz CT molecular complexity index is 1250. The summed E-state index contributed by atoms with van der Waals surface area (Å²) < 4.78 is 6.95. The summed E-state index contributed by atoms with van der Waals surface area (Å²) in [4.78, 5) is 37.5. The van der Waals surface area contributed by atoms with E-state index in [0.29, 0.717) is 5.52 Å². The molecule has 2 aliphatic heterocycles. The summed E-state index contributed by atoms with van der Waals surface area (Å²) in [7, 11) is 2.06. The van der Waals surface area contributed by atoms with Crippen molar-refractivity contribution in [2.75, 3.05) is 20.1 Å². The summed E-state index contributed by atoms with van der Waals surface area (Å²) in [5.74, 6) is -1.02. The van der Waals surface area contributed by atoms with Gasteiger partial charge in [-0.2, -0.15) is 0 Å². The van der Waals surface area contributed by atoms with Gasteiger partial charge in [0.2, 0.25) is 5.88 Å². The maximum Gasteiger partial charge on any atom is 0.356 e. The number of ether oxygens (including phenoxy) is 1.